The molecule has 0 fully saturated rings. The predicted molar refractivity (Wildman–Crippen MR) is 67.2 cm³/mol. The molecule has 0 radical (unpaired) electrons. The van der Waals surface area contributed by atoms with Gasteiger partial charge in [0.1, 0.15) is 0 Å². The lowest BCUT2D eigenvalue weighted by atomic mass is 10.2. The number of nitrogens with zero attached hydrogens (tertiary/aromatic N) is 3. The summed E-state index contributed by atoms with van der Waals surface area (Å²) in [4.78, 5) is 14.2. The van der Waals surface area contributed by atoms with Gasteiger partial charge in [-0.3, -0.25) is 10.1 Å². The van der Waals surface area contributed by atoms with Crippen molar-refractivity contribution in [3.8, 4) is 0 Å². The van der Waals surface area contributed by atoms with Crippen molar-refractivity contribution >= 4 is 27.3 Å². The summed E-state index contributed by atoms with van der Waals surface area (Å²) >= 11 is 3.28. The standard InChI is InChI=1S/C10H9BrN4O3/c1-6-2-8(7(11)3-9(6)15(16)17)12-4-10-13-5-18-14-10/h2-3,5,12H,4H2,1H3. The first-order chi connectivity index (χ1) is 8.58. The molecule has 0 spiro atoms. The number of nitro benzene ring substituents is 1. The highest BCUT2D eigenvalue weighted by molar-refractivity contribution is 9.10. The third-order valence-corrected chi connectivity index (χ3v) is 2.98. The summed E-state index contributed by atoms with van der Waals surface area (Å²) in [5.41, 5.74) is 1.40. The van der Waals surface area contributed by atoms with Crippen molar-refractivity contribution in [2.75, 3.05) is 5.32 Å². The van der Waals surface area contributed by atoms with Crippen LogP contribution < -0.4 is 5.32 Å². The summed E-state index contributed by atoms with van der Waals surface area (Å²) in [5.74, 6) is 0.512. The zero-order valence-electron chi connectivity index (χ0n) is 9.38. The number of hydrogen-bond donors (Lipinski definition) is 1. The Morgan fingerprint density at radius 3 is 2.94 bits per heavy atom. The van der Waals surface area contributed by atoms with E-state index in [1.165, 1.54) is 12.5 Å². The topological polar surface area (TPSA) is 94.1 Å². The summed E-state index contributed by atoms with van der Waals surface area (Å²) < 4.78 is 5.22. The zero-order chi connectivity index (χ0) is 13.1. The molecule has 0 saturated heterocycles. The molecule has 0 aliphatic heterocycles. The molecule has 0 saturated carbocycles. The second-order valence-corrected chi connectivity index (χ2v) is 4.43. The van der Waals surface area contributed by atoms with Gasteiger partial charge in [-0.25, -0.2) is 0 Å². The van der Waals surface area contributed by atoms with E-state index in [0.29, 0.717) is 22.4 Å². The van der Waals surface area contributed by atoms with E-state index in [-0.39, 0.29) is 5.69 Å². The molecule has 2 rings (SSSR count). The van der Waals surface area contributed by atoms with Gasteiger partial charge in [-0.15, -0.1) is 0 Å². The van der Waals surface area contributed by atoms with Gasteiger partial charge in [-0.05, 0) is 28.9 Å². The van der Waals surface area contributed by atoms with Crippen LogP contribution in [0.5, 0.6) is 0 Å². The Morgan fingerprint density at radius 2 is 2.33 bits per heavy atom. The average Bonchev–Trinajstić information content (AvgIpc) is 2.82. The van der Waals surface area contributed by atoms with Crippen molar-refractivity contribution < 1.29 is 9.45 Å². The van der Waals surface area contributed by atoms with Crippen molar-refractivity contribution in [2.24, 2.45) is 0 Å². The fourth-order valence-corrected chi connectivity index (χ4v) is 1.92. The molecule has 0 atom stereocenters. The van der Waals surface area contributed by atoms with Crippen LogP contribution in [0.3, 0.4) is 0 Å². The maximum Gasteiger partial charge on any atom is 0.273 e. The normalized spacial score (nSPS) is 10.3. The molecule has 2 aromatic rings. The third-order valence-electron chi connectivity index (χ3n) is 2.33. The number of nitro groups is 1. The maximum absolute atomic E-state index is 10.8. The van der Waals surface area contributed by atoms with Gasteiger partial charge in [-0.2, -0.15) is 4.98 Å². The van der Waals surface area contributed by atoms with Crippen LogP contribution >= 0.6 is 15.9 Å². The van der Waals surface area contributed by atoms with E-state index in [1.807, 2.05) is 0 Å². The van der Waals surface area contributed by atoms with Gasteiger partial charge in [0.05, 0.1) is 11.5 Å². The fourth-order valence-electron chi connectivity index (χ4n) is 1.45. The molecule has 1 aromatic carbocycles. The zero-order valence-corrected chi connectivity index (χ0v) is 11.0. The molecule has 0 aliphatic rings. The molecule has 1 heterocycles. The Hall–Kier alpha value is -1.96. The smallest absolute Gasteiger partial charge is 0.273 e. The number of anilines is 1. The number of aromatic nitrogens is 2. The predicted octanol–water partition coefficient (Wildman–Crippen LogP) is 2.66. The summed E-state index contributed by atoms with van der Waals surface area (Å²) in [6.45, 7) is 2.07. The largest absolute Gasteiger partial charge is 0.377 e. The third kappa shape index (κ3) is 2.65. The highest BCUT2D eigenvalue weighted by atomic mass is 79.9. The Bertz CT molecular complexity index is 571. The number of benzene rings is 1. The van der Waals surface area contributed by atoms with Crippen molar-refractivity contribution in [3.63, 3.8) is 0 Å². The van der Waals surface area contributed by atoms with E-state index < -0.39 is 4.92 Å². The van der Waals surface area contributed by atoms with Crippen LogP contribution in [0, 0.1) is 17.0 Å². The summed E-state index contributed by atoms with van der Waals surface area (Å²) in [6.07, 6.45) is 1.24. The lowest BCUT2D eigenvalue weighted by molar-refractivity contribution is -0.385. The van der Waals surface area contributed by atoms with Crippen LogP contribution in [0.4, 0.5) is 11.4 Å². The van der Waals surface area contributed by atoms with E-state index in [1.54, 1.807) is 13.0 Å². The van der Waals surface area contributed by atoms with Crippen molar-refractivity contribution in [3.05, 3.63) is 44.5 Å². The number of nitrogens with one attached hydrogen (secondary N) is 1. The molecule has 18 heavy (non-hydrogen) atoms. The maximum atomic E-state index is 10.8. The molecule has 7 nitrogen and oxygen atoms in total. The van der Waals surface area contributed by atoms with E-state index in [4.69, 9.17) is 0 Å². The minimum absolute atomic E-state index is 0.0759. The fraction of sp³-hybridized carbons (Fsp3) is 0.200. The van der Waals surface area contributed by atoms with Crippen LogP contribution in [0.15, 0.2) is 27.5 Å². The quantitative estimate of drug-likeness (QED) is 0.689. The van der Waals surface area contributed by atoms with Crippen molar-refractivity contribution in [1.29, 1.82) is 0 Å². The molecular formula is C10H9BrN4O3. The van der Waals surface area contributed by atoms with Crippen LogP contribution in [0.1, 0.15) is 11.4 Å². The number of rotatable bonds is 4. The van der Waals surface area contributed by atoms with Crippen LogP contribution in [-0.4, -0.2) is 15.1 Å². The lowest BCUT2D eigenvalue weighted by Gasteiger charge is -2.08. The Morgan fingerprint density at radius 1 is 1.56 bits per heavy atom. The summed E-state index contributed by atoms with van der Waals surface area (Å²) in [6, 6.07) is 3.16. The van der Waals surface area contributed by atoms with E-state index in [9.17, 15) is 10.1 Å². The molecule has 1 aromatic heterocycles. The van der Waals surface area contributed by atoms with Gasteiger partial charge in [0.2, 0.25) is 6.39 Å². The van der Waals surface area contributed by atoms with Crippen LogP contribution in [0.25, 0.3) is 0 Å². The molecule has 0 bridgehead atoms. The van der Waals surface area contributed by atoms with Crippen molar-refractivity contribution in [2.45, 2.75) is 13.5 Å². The van der Waals surface area contributed by atoms with Gasteiger partial charge in [-0.1, -0.05) is 5.16 Å². The van der Waals surface area contributed by atoms with E-state index in [0.717, 1.165) is 5.69 Å². The van der Waals surface area contributed by atoms with Gasteiger partial charge >= 0.3 is 0 Å². The lowest BCUT2D eigenvalue weighted by Crippen LogP contribution is -2.03. The van der Waals surface area contributed by atoms with Gasteiger partial charge < -0.3 is 9.84 Å². The second kappa shape index (κ2) is 5.13. The second-order valence-electron chi connectivity index (χ2n) is 3.58. The highest BCUT2D eigenvalue weighted by Crippen LogP contribution is 2.30. The minimum atomic E-state index is -0.414. The molecule has 0 unspecified atom stereocenters. The first-order valence-electron chi connectivity index (χ1n) is 5.01. The molecule has 0 aliphatic carbocycles. The van der Waals surface area contributed by atoms with Crippen molar-refractivity contribution in [1.82, 2.24) is 10.1 Å². The Balaban J connectivity index is 2.19. The summed E-state index contributed by atoms with van der Waals surface area (Å²) in [5, 5.41) is 17.5. The number of hydrogen-bond acceptors (Lipinski definition) is 6. The first-order valence-corrected chi connectivity index (χ1v) is 5.81. The average molecular weight is 313 g/mol. The van der Waals surface area contributed by atoms with Gasteiger partial charge in [0.25, 0.3) is 5.69 Å². The Kier molecular flexibility index (Phi) is 3.56. The minimum Gasteiger partial charge on any atom is -0.377 e. The Labute approximate surface area is 110 Å². The van der Waals surface area contributed by atoms with Gasteiger partial charge in [0.15, 0.2) is 5.82 Å². The molecule has 0 amide bonds. The first kappa shape index (κ1) is 12.5. The number of aryl methyl sites for hydroxylation is 1. The molecule has 1 N–H and O–H groups in total. The highest BCUT2D eigenvalue weighted by Gasteiger charge is 2.14. The monoisotopic (exact) mass is 312 g/mol. The van der Waals surface area contributed by atoms with Gasteiger partial charge in [0, 0.05) is 21.8 Å². The van der Waals surface area contributed by atoms with Crippen LogP contribution in [-0.2, 0) is 6.54 Å². The van der Waals surface area contributed by atoms with E-state index in [2.05, 4.69) is 35.9 Å². The molecule has 8 heteroatoms. The number of halogens is 1. The molecular weight excluding hydrogens is 304 g/mol. The van der Waals surface area contributed by atoms with E-state index >= 15 is 0 Å². The van der Waals surface area contributed by atoms with Crippen LogP contribution in [0.2, 0.25) is 0 Å². The SMILES string of the molecule is Cc1cc(NCc2ncon2)c(Br)cc1[N+](=O)[O-]. The summed E-state index contributed by atoms with van der Waals surface area (Å²) in [7, 11) is 0. The molecule has 94 valence electrons.